The first-order chi connectivity index (χ1) is 7.99. The van der Waals surface area contributed by atoms with Crippen molar-refractivity contribution in [1.82, 2.24) is 5.32 Å². The van der Waals surface area contributed by atoms with E-state index in [-0.39, 0.29) is 12.3 Å². The zero-order valence-corrected chi connectivity index (χ0v) is 11.1. The second-order valence-corrected chi connectivity index (χ2v) is 4.74. The maximum atomic E-state index is 11.6. The maximum Gasteiger partial charge on any atom is 0.224 e. The maximum absolute atomic E-state index is 11.6. The minimum Gasteiger partial charge on any atom is -0.393 e. The van der Waals surface area contributed by atoms with Crippen LogP contribution in [-0.2, 0) is 11.2 Å². The van der Waals surface area contributed by atoms with Crippen LogP contribution in [0.3, 0.4) is 0 Å². The van der Waals surface area contributed by atoms with Crippen molar-refractivity contribution >= 4 is 29.1 Å². The van der Waals surface area contributed by atoms with Gasteiger partial charge >= 0.3 is 0 Å². The predicted molar refractivity (Wildman–Crippen MR) is 69.5 cm³/mol. The van der Waals surface area contributed by atoms with Gasteiger partial charge < -0.3 is 10.4 Å². The smallest absolute Gasteiger partial charge is 0.224 e. The quantitative estimate of drug-likeness (QED) is 0.867. The van der Waals surface area contributed by atoms with Gasteiger partial charge in [0, 0.05) is 16.6 Å². The largest absolute Gasteiger partial charge is 0.393 e. The number of aliphatic hydroxyl groups is 1. The summed E-state index contributed by atoms with van der Waals surface area (Å²) in [7, 11) is 0. The monoisotopic (exact) mass is 275 g/mol. The first kappa shape index (κ1) is 14.3. The number of aliphatic hydroxyl groups excluding tert-OH is 1. The molecular weight excluding hydrogens is 261 g/mol. The van der Waals surface area contributed by atoms with Gasteiger partial charge in [0.1, 0.15) is 0 Å². The summed E-state index contributed by atoms with van der Waals surface area (Å²) >= 11 is 11.8. The predicted octanol–water partition coefficient (Wildman–Crippen LogP) is 2.42. The summed E-state index contributed by atoms with van der Waals surface area (Å²) in [5, 5.41) is 12.8. The number of carbonyl (C=O) groups is 1. The normalized spacial score (nSPS) is 12.2. The summed E-state index contributed by atoms with van der Waals surface area (Å²) in [4.78, 5) is 11.6. The molecule has 1 amide bonds. The lowest BCUT2D eigenvalue weighted by Crippen LogP contribution is -2.28. The Hall–Kier alpha value is -0.770. The van der Waals surface area contributed by atoms with Crippen LogP contribution in [0, 0.1) is 0 Å². The molecule has 0 spiro atoms. The van der Waals surface area contributed by atoms with Gasteiger partial charge in [-0.1, -0.05) is 23.2 Å². The topological polar surface area (TPSA) is 49.3 Å². The van der Waals surface area contributed by atoms with Crippen LogP contribution in [0.15, 0.2) is 18.2 Å². The SMILES string of the molecule is CC(O)CCNC(=O)Cc1cc(Cl)ccc1Cl. The van der Waals surface area contributed by atoms with Gasteiger partial charge in [-0.05, 0) is 37.1 Å². The van der Waals surface area contributed by atoms with Crippen molar-refractivity contribution in [3.05, 3.63) is 33.8 Å². The molecule has 5 heteroatoms. The van der Waals surface area contributed by atoms with Crippen molar-refractivity contribution in [3.63, 3.8) is 0 Å². The lowest BCUT2D eigenvalue weighted by atomic mass is 10.1. The van der Waals surface area contributed by atoms with Gasteiger partial charge in [0.05, 0.1) is 12.5 Å². The number of carbonyl (C=O) groups excluding carboxylic acids is 1. The molecule has 1 atom stereocenters. The highest BCUT2D eigenvalue weighted by molar-refractivity contribution is 6.33. The number of nitrogens with one attached hydrogen (secondary N) is 1. The van der Waals surface area contributed by atoms with Crippen molar-refractivity contribution in [1.29, 1.82) is 0 Å². The highest BCUT2D eigenvalue weighted by atomic mass is 35.5. The van der Waals surface area contributed by atoms with Gasteiger partial charge in [0.15, 0.2) is 0 Å². The Morgan fingerprint density at radius 2 is 2.18 bits per heavy atom. The fourth-order valence-electron chi connectivity index (χ4n) is 1.33. The Morgan fingerprint density at radius 1 is 1.47 bits per heavy atom. The number of halogens is 2. The molecule has 0 aliphatic carbocycles. The summed E-state index contributed by atoms with van der Waals surface area (Å²) in [6.45, 7) is 2.13. The van der Waals surface area contributed by atoms with Gasteiger partial charge in [0.2, 0.25) is 5.91 Å². The van der Waals surface area contributed by atoms with E-state index in [1.165, 1.54) is 0 Å². The second kappa shape index (κ2) is 6.84. The van der Waals surface area contributed by atoms with Crippen molar-refractivity contribution in [2.75, 3.05) is 6.54 Å². The number of hydrogen-bond acceptors (Lipinski definition) is 2. The van der Waals surface area contributed by atoms with Crippen LogP contribution < -0.4 is 5.32 Å². The van der Waals surface area contributed by atoms with Crippen LogP contribution in [0.4, 0.5) is 0 Å². The van der Waals surface area contributed by atoms with E-state index in [1.54, 1.807) is 25.1 Å². The first-order valence-electron chi connectivity index (χ1n) is 5.37. The average Bonchev–Trinajstić information content (AvgIpc) is 2.23. The van der Waals surface area contributed by atoms with E-state index in [9.17, 15) is 4.79 Å². The third-order valence-electron chi connectivity index (χ3n) is 2.24. The molecule has 0 fully saturated rings. The van der Waals surface area contributed by atoms with Gasteiger partial charge in [-0.15, -0.1) is 0 Å². The minimum atomic E-state index is -0.412. The Labute approximate surface area is 111 Å². The van der Waals surface area contributed by atoms with E-state index in [1.807, 2.05) is 0 Å². The number of amides is 1. The highest BCUT2D eigenvalue weighted by Crippen LogP contribution is 2.20. The van der Waals surface area contributed by atoms with E-state index in [0.717, 1.165) is 0 Å². The molecule has 2 N–H and O–H groups in total. The Bertz CT molecular complexity index is 394. The number of rotatable bonds is 5. The zero-order chi connectivity index (χ0) is 12.8. The van der Waals surface area contributed by atoms with Crippen LogP contribution in [0.5, 0.6) is 0 Å². The molecule has 1 unspecified atom stereocenters. The van der Waals surface area contributed by atoms with Crippen molar-refractivity contribution < 1.29 is 9.90 Å². The van der Waals surface area contributed by atoms with Crippen LogP contribution >= 0.6 is 23.2 Å². The van der Waals surface area contributed by atoms with Crippen molar-refractivity contribution in [3.8, 4) is 0 Å². The van der Waals surface area contributed by atoms with E-state index in [0.29, 0.717) is 28.6 Å². The molecule has 0 aliphatic heterocycles. The average molecular weight is 276 g/mol. The molecule has 0 saturated carbocycles. The summed E-state index contributed by atoms with van der Waals surface area (Å²) in [5.41, 5.74) is 0.703. The lowest BCUT2D eigenvalue weighted by molar-refractivity contribution is -0.120. The highest BCUT2D eigenvalue weighted by Gasteiger charge is 2.07. The first-order valence-corrected chi connectivity index (χ1v) is 6.13. The van der Waals surface area contributed by atoms with E-state index >= 15 is 0 Å². The van der Waals surface area contributed by atoms with Gasteiger partial charge in [-0.2, -0.15) is 0 Å². The van der Waals surface area contributed by atoms with Crippen LogP contribution in [-0.4, -0.2) is 23.7 Å². The van der Waals surface area contributed by atoms with Gasteiger partial charge in [-0.3, -0.25) is 4.79 Å². The Kier molecular flexibility index (Phi) is 5.75. The van der Waals surface area contributed by atoms with Crippen LogP contribution in [0.1, 0.15) is 18.9 Å². The number of hydrogen-bond donors (Lipinski definition) is 2. The van der Waals surface area contributed by atoms with Crippen molar-refractivity contribution in [2.24, 2.45) is 0 Å². The fraction of sp³-hybridized carbons (Fsp3) is 0.417. The molecule has 0 radical (unpaired) electrons. The van der Waals surface area contributed by atoms with E-state index in [4.69, 9.17) is 28.3 Å². The minimum absolute atomic E-state index is 0.130. The molecular formula is C12H15Cl2NO2. The summed E-state index contributed by atoms with van der Waals surface area (Å²) in [5.74, 6) is -0.130. The zero-order valence-electron chi connectivity index (χ0n) is 9.54. The summed E-state index contributed by atoms with van der Waals surface area (Å²) in [6.07, 6.45) is 0.318. The molecule has 0 bridgehead atoms. The Morgan fingerprint density at radius 3 is 2.82 bits per heavy atom. The molecule has 0 aliphatic rings. The van der Waals surface area contributed by atoms with E-state index < -0.39 is 6.10 Å². The molecule has 3 nitrogen and oxygen atoms in total. The summed E-state index contributed by atoms with van der Waals surface area (Å²) < 4.78 is 0. The number of benzene rings is 1. The lowest BCUT2D eigenvalue weighted by Gasteiger charge is -2.08. The van der Waals surface area contributed by atoms with Gasteiger partial charge in [0.25, 0.3) is 0 Å². The fourth-order valence-corrected chi connectivity index (χ4v) is 1.71. The molecule has 0 heterocycles. The standard InChI is InChI=1S/C12H15Cl2NO2/c1-8(16)4-5-15-12(17)7-9-6-10(13)2-3-11(9)14/h2-3,6,8,16H,4-5,7H2,1H3,(H,15,17). The molecule has 1 rings (SSSR count). The second-order valence-electron chi connectivity index (χ2n) is 3.90. The molecule has 0 saturated heterocycles. The molecule has 1 aromatic rings. The molecule has 17 heavy (non-hydrogen) atoms. The summed E-state index contributed by atoms with van der Waals surface area (Å²) in [6, 6.07) is 5.03. The molecule has 0 aromatic heterocycles. The molecule has 94 valence electrons. The van der Waals surface area contributed by atoms with E-state index in [2.05, 4.69) is 5.32 Å². The van der Waals surface area contributed by atoms with Gasteiger partial charge in [-0.25, -0.2) is 0 Å². The van der Waals surface area contributed by atoms with Crippen LogP contribution in [0.25, 0.3) is 0 Å². The third-order valence-corrected chi connectivity index (χ3v) is 2.85. The third kappa shape index (κ3) is 5.39. The Balaban J connectivity index is 2.47. The van der Waals surface area contributed by atoms with Crippen molar-refractivity contribution in [2.45, 2.75) is 25.9 Å². The molecule has 1 aromatic carbocycles. The van der Waals surface area contributed by atoms with Crippen LogP contribution in [0.2, 0.25) is 10.0 Å².